The van der Waals surface area contributed by atoms with Crippen LogP contribution in [0.2, 0.25) is 0 Å². The Hall–Kier alpha value is -1.81. The summed E-state index contributed by atoms with van der Waals surface area (Å²) >= 11 is 0. The van der Waals surface area contributed by atoms with E-state index in [1.54, 1.807) is 0 Å². The molecule has 2 saturated carbocycles. The highest BCUT2D eigenvalue weighted by Crippen LogP contribution is 2.34. The van der Waals surface area contributed by atoms with Crippen LogP contribution in [0.25, 0.3) is 6.08 Å². The lowest BCUT2D eigenvalue weighted by Crippen LogP contribution is -2.42. The van der Waals surface area contributed by atoms with Crippen molar-refractivity contribution in [2.75, 3.05) is 0 Å². The molecular formula is C18H24N2O2. The molecule has 0 spiro atoms. The van der Waals surface area contributed by atoms with Crippen LogP contribution in [0.5, 0.6) is 0 Å². The average molecular weight is 300 g/mol. The van der Waals surface area contributed by atoms with Gasteiger partial charge in [-0.05, 0) is 43.6 Å². The Bertz CT molecular complexity index is 521. The first-order valence-corrected chi connectivity index (χ1v) is 8.19. The van der Waals surface area contributed by atoms with E-state index >= 15 is 0 Å². The van der Waals surface area contributed by atoms with Crippen LogP contribution in [0.1, 0.15) is 37.7 Å². The van der Waals surface area contributed by atoms with Crippen LogP contribution in [-0.2, 0) is 0 Å². The first-order valence-electron chi connectivity index (χ1n) is 8.19. The third-order valence-electron chi connectivity index (χ3n) is 4.68. The maximum atomic E-state index is 10.6. The average Bonchev–Trinajstić information content (AvgIpc) is 3.26. The van der Waals surface area contributed by atoms with Gasteiger partial charge in [-0.3, -0.25) is 0 Å². The molecule has 22 heavy (non-hydrogen) atoms. The molecule has 0 aliphatic heterocycles. The van der Waals surface area contributed by atoms with Crippen molar-refractivity contribution < 1.29 is 9.90 Å². The second kappa shape index (κ2) is 6.97. The number of benzene rings is 1. The highest BCUT2D eigenvalue weighted by atomic mass is 16.4. The molecule has 2 aliphatic carbocycles. The maximum absolute atomic E-state index is 10.6. The zero-order chi connectivity index (χ0) is 15.4. The van der Waals surface area contributed by atoms with Gasteiger partial charge in [-0.15, -0.1) is 0 Å². The molecule has 4 heteroatoms. The van der Waals surface area contributed by atoms with Crippen LogP contribution < -0.4 is 10.6 Å². The molecule has 118 valence electrons. The lowest BCUT2D eigenvalue weighted by Gasteiger charge is -2.29. The van der Waals surface area contributed by atoms with E-state index in [4.69, 9.17) is 5.11 Å². The Labute approximate surface area is 131 Å². The SMILES string of the molecule is O=C(O)NC1CCC(NC2CC2/C=C/c2ccccc2)CC1. The Morgan fingerprint density at radius 1 is 1.09 bits per heavy atom. The van der Waals surface area contributed by atoms with Crippen molar-refractivity contribution in [3.8, 4) is 0 Å². The standard InChI is InChI=1S/C18H24N2O2/c21-18(22)20-16-10-8-15(9-11-16)19-17-12-14(17)7-6-13-4-2-1-3-5-13/h1-7,14-17,19-20H,8-12H2,(H,21,22)/b7-6+. The molecule has 0 aromatic heterocycles. The third-order valence-corrected chi connectivity index (χ3v) is 4.68. The van der Waals surface area contributed by atoms with Crippen molar-refractivity contribution in [2.24, 2.45) is 5.92 Å². The van der Waals surface area contributed by atoms with E-state index in [-0.39, 0.29) is 6.04 Å². The van der Waals surface area contributed by atoms with Gasteiger partial charge in [0.15, 0.2) is 0 Å². The lowest BCUT2D eigenvalue weighted by molar-refractivity contribution is 0.183. The number of hydrogen-bond acceptors (Lipinski definition) is 2. The van der Waals surface area contributed by atoms with Gasteiger partial charge in [0.05, 0.1) is 0 Å². The van der Waals surface area contributed by atoms with Gasteiger partial charge in [-0.2, -0.15) is 0 Å². The molecule has 3 rings (SSSR count). The monoisotopic (exact) mass is 300 g/mol. The largest absolute Gasteiger partial charge is 0.465 e. The molecule has 1 aromatic carbocycles. The summed E-state index contributed by atoms with van der Waals surface area (Å²) in [6.07, 6.45) is 8.86. The zero-order valence-corrected chi connectivity index (χ0v) is 12.7. The van der Waals surface area contributed by atoms with Crippen molar-refractivity contribution >= 4 is 12.2 Å². The highest BCUT2D eigenvalue weighted by molar-refractivity contribution is 5.64. The van der Waals surface area contributed by atoms with Gasteiger partial charge < -0.3 is 15.7 Å². The number of rotatable bonds is 5. The van der Waals surface area contributed by atoms with E-state index in [9.17, 15) is 4.79 Å². The summed E-state index contributed by atoms with van der Waals surface area (Å²) in [6, 6.07) is 11.7. The minimum Gasteiger partial charge on any atom is -0.465 e. The van der Waals surface area contributed by atoms with Crippen LogP contribution in [-0.4, -0.2) is 29.3 Å². The summed E-state index contributed by atoms with van der Waals surface area (Å²) in [5.74, 6) is 0.648. The number of nitrogens with one attached hydrogen (secondary N) is 2. The van der Waals surface area contributed by atoms with Crippen LogP contribution in [0, 0.1) is 5.92 Å². The Balaban J connectivity index is 1.38. The van der Waals surface area contributed by atoms with Crippen LogP contribution in [0.4, 0.5) is 4.79 Å². The Kier molecular flexibility index (Phi) is 4.78. The van der Waals surface area contributed by atoms with Gasteiger partial charge in [0.2, 0.25) is 0 Å². The lowest BCUT2D eigenvalue weighted by atomic mass is 9.91. The zero-order valence-electron chi connectivity index (χ0n) is 12.7. The maximum Gasteiger partial charge on any atom is 0.404 e. The van der Waals surface area contributed by atoms with E-state index in [2.05, 4.69) is 47.1 Å². The summed E-state index contributed by atoms with van der Waals surface area (Å²) in [5, 5.41) is 15.1. The fourth-order valence-electron chi connectivity index (χ4n) is 3.30. The van der Waals surface area contributed by atoms with Crippen LogP contribution in [0.3, 0.4) is 0 Å². The molecule has 4 nitrogen and oxygen atoms in total. The summed E-state index contributed by atoms with van der Waals surface area (Å²) in [4.78, 5) is 10.6. The second-order valence-corrected chi connectivity index (χ2v) is 6.44. The van der Waals surface area contributed by atoms with Gasteiger partial charge in [0, 0.05) is 18.1 Å². The topological polar surface area (TPSA) is 61.4 Å². The molecular weight excluding hydrogens is 276 g/mol. The van der Waals surface area contributed by atoms with E-state index in [0.29, 0.717) is 18.0 Å². The predicted molar refractivity (Wildman–Crippen MR) is 87.7 cm³/mol. The first-order chi connectivity index (χ1) is 10.7. The summed E-state index contributed by atoms with van der Waals surface area (Å²) in [6.45, 7) is 0. The summed E-state index contributed by atoms with van der Waals surface area (Å²) < 4.78 is 0. The Morgan fingerprint density at radius 3 is 2.45 bits per heavy atom. The molecule has 2 unspecified atom stereocenters. The minimum atomic E-state index is -0.898. The molecule has 1 aromatic rings. The molecule has 0 heterocycles. The predicted octanol–water partition coefficient (Wildman–Crippen LogP) is 3.26. The van der Waals surface area contributed by atoms with Gasteiger partial charge in [-0.1, -0.05) is 42.5 Å². The minimum absolute atomic E-state index is 0.142. The quantitative estimate of drug-likeness (QED) is 0.782. The van der Waals surface area contributed by atoms with E-state index in [1.165, 1.54) is 12.0 Å². The van der Waals surface area contributed by atoms with Crippen molar-refractivity contribution in [1.29, 1.82) is 0 Å². The fraction of sp³-hybridized carbons (Fsp3) is 0.500. The third kappa shape index (κ3) is 4.34. The second-order valence-electron chi connectivity index (χ2n) is 6.44. The van der Waals surface area contributed by atoms with Crippen molar-refractivity contribution in [1.82, 2.24) is 10.6 Å². The summed E-state index contributed by atoms with van der Waals surface area (Å²) in [7, 11) is 0. The smallest absolute Gasteiger partial charge is 0.404 e. The van der Waals surface area contributed by atoms with Crippen molar-refractivity contribution in [3.05, 3.63) is 42.0 Å². The fourth-order valence-corrected chi connectivity index (χ4v) is 3.30. The van der Waals surface area contributed by atoms with E-state index in [0.717, 1.165) is 25.7 Å². The normalized spacial score (nSPS) is 31.1. The molecule has 2 fully saturated rings. The highest BCUT2D eigenvalue weighted by Gasteiger charge is 2.36. The van der Waals surface area contributed by atoms with Crippen molar-refractivity contribution in [3.63, 3.8) is 0 Å². The van der Waals surface area contributed by atoms with Crippen LogP contribution in [0.15, 0.2) is 36.4 Å². The molecule has 0 saturated heterocycles. The molecule has 0 radical (unpaired) electrons. The van der Waals surface area contributed by atoms with Gasteiger partial charge in [0.1, 0.15) is 0 Å². The van der Waals surface area contributed by atoms with Gasteiger partial charge >= 0.3 is 6.09 Å². The molecule has 0 bridgehead atoms. The Morgan fingerprint density at radius 2 is 1.77 bits per heavy atom. The first kappa shape index (κ1) is 15.1. The van der Waals surface area contributed by atoms with E-state index < -0.39 is 6.09 Å². The molecule has 2 aliphatic rings. The molecule has 2 atom stereocenters. The molecule has 1 amide bonds. The van der Waals surface area contributed by atoms with Crippen molar-refractivity contribution in [2.45, 2.75) is 50.2 Å². The van der Waals surface area contributed by atoms with Gasteiger partial charge in [0.25, 0.3) is 0 Å². The number of amides is 1. The van der Waals surface area contributed by atoms with Gasteiger partial charge in [-0.25, -0.2) is 4.79 Å². The number of carbonyl (C=O) groups is 1. The van der Waals surface area contributed by atoms with Crippen LogP contribution >= 0.6 is 0 Å². The number of carboxylic acid groups (broad SMARTS) is 1. The summed E-state index contributed by atoms with van der Waals surface area (Å²) in [5.41, 5.74) is 1.26. The van der Waals surface area contributed by atoms with E-state index in [1.807, 2.05) is 6.07 Å². The molecule has 3 N–H and O–H groups in total. The number of hydrogen-bond donors (Lipinski definition) is 3.